The highest BCUT2D eigenvalue weighted by molar-refractivity contribution is 6.72. The minimum absolute atomic E-state index is 0.161. The van der Waals surface area contributed by atoms with E-state index in [0.29, 0.717) is 17.7 Å². The zero-order chi connectivity index (χ0) is 34.9. The maximum atomic E-state index is 16.3. The number of nitrogens with one attached hydrogen (secondary N) is 1. The zero-order valence-electron chi connectivity index (χ0n) is 27.1. The summed E-state index contributed by atoms with van der Waals surface area (Å²) in [7, 11) is -2.04. The summed E-state index contributed by atoms with van der Waals surface area (Å²) in [5.74, 6) is -2.41. The highest BCUT2D eigenvalue weighted by atomic mass is 28.4. The van der Waals surface area contributed by atoms with Crippen molar-refractivity contribution in [2.45, 2.75) is 93.4 Å². The largest absolute Gasteiger partial charge is 0.394 e. The van der Waals surface area contributed by atoms with Crippen LogP contribution in [0.2, 0.25) is 18.6 Å². The topological polar surface area (TPSA) is 189 Å². The molecule has 6 rings (SSSR count). The van der Waals surface area contributed by atoms with E-state index in [1.807, 2.05) is 24.3 Å². The molecule has 2 saturated heterocycles. The number of amides is 3. The smallest absolute Gasteiger partial charge is 0.264 e. The van der Waals surface area contributed by atoms with E-state index >= 15 is 4.11 Å². The van der Waals surface area contributed by atoms with E-state index in [2.05, 4.69) is 5.32 Å². The number of carbonyl (C=O) groups is 3. The van der Waals surface area contributed by atoms with Crippen LogP contribution in [0.3, 0.4) is 0 Å². The third-order valence-electron chi connectivity index (χ3n) is 10.5. The van der Waals surface area contributed by atoms with Crippen molar-refractivity contribution in [2.24, 2.45) is 5.92 Å². The van der Waals surface area contributed by atoms with Gasteiger partial charge in [0.2, 0.25) is 14.3 Å². The Kier molecular flexibility index (Phi) is 9.04. The molecule has 0 radical (unpaired) electrons. The number of nitrogens with zero attached hydrogens (tertiary/aromatic N) is 2. The molecular weight excluding hydrogens is 645 g/mol. The second-order valence-corrected chi connectivity index (χ2v) is 17.6. The number of fused-ring (bicyclic) bond motifs is 3. The minimum Gasteiger partial charge on any atom is -0.394 e. The Morgan fingerprint density at radius 3 is 2.42 bits per heavy atom. The van der Waals surface area contributed by atoms with Gasteiger partial charge in [0.1, 0.15) is 18.3 Å². The average Bonchev–Trinajstić information content (AvgIpc) is 3.46. The number of aliphatic hydroxyl groups excluding tert-OH is 5. The first-order valence-electron chi connectivity index (χ1n) is 16.0. The number of carbonyl (C=O) groups excluding carboxylic acids is 3. The van der Waals surface area contributed by atoms with Gasteiger partial charge in [0.05, 0.1) is 30.9 Å². The molecule has 48 heavy (non-hydrogen) atoms. The van der Waals surface area contributed by atoms with E-state index in [0.717, 1.165) is 11.1 Å². The first-order valence-corrected chi connectivity index (χ1v) is 19.0. The van der Waals surface area contributed by atoms with E-state index in [-0.39, 0.29) is 31.2 Å². The molecule has 0 unspecified atom stereocenters. The first kappa shape index (κ1) is 34.6. The van der Waals surface area contributed by atoms with Gasteiger partial charge in [-0.25, -0.2) is 0 Å². The van der Waals surface area contributed by atoms with Gasteiger partial charge < -0.3 is 54.2 Å². The lowest BCUT2D eigenvalue weighted by Crippen LogP contribution is -2.60. The van der Waals surface area contributed by atoms with Crippen LogP contribution in [-0.4, -0.2) is 113 Å². The Hall–Kier alpha value is -3.28. The number of ether oxygens (including phenoxy) is 2. The van der Waals surface area contributed by atoms with Gasteiger partial charge in [-0.05, 0) is 48.8 Å². The molecule has 3 amide bonds. The van der Waals surface area contributed by atoms with Crippen molar-refractivity contribution < 1.29 is 53.5 Å². The third kappa shape index (κ3) is 5.55. The monoisotopic (exact) mass is 687 g/mol. The van der Waals surface area contributed by atoms with Crippen LogP contribution in [0, 0.1) is 5.92 Å². The molecule has 2 aromatic carbocycles. The number of aliphatic hydroxyl groups is 5. The second kappa shape index (κ2) is 12.6. The standard InChI is InChI=1S/C33H42FN3O10Si/c1-16-29(48(3,4)34)23(13-24(39)37-14-18-8-6-5-7-17(18)11-20(37)15-38)47-33(16)21-12-19(9-10-22(21)36(2)32(33)45)35-30(43)28-26(41)25(40)27(42)31(44)46-28/h5-10,12,16,20,23,25-29,31,38,40-42,44H,11,13-15H2,1-4H3,(H,35,43)/t16-,20-,23+,25-,26-,27+,28-,29-,31+,33+/m0/s1. The molecule has 10 atom stereocenters. The van der Waals surface area contributed by atoms with Crippen LogP contribution in [-0.2, 0) is 42.4 Å². The molecule has 0 aliphatic carbocycles. The van der Waals surface area contributed by atoms with Crippen LogP contribution in [0.25, 0.3) is 0 Å². The van der Waals surface area contributed by atoms with Gasteiger partial charge in [-0.1, -0.05) is 31.2 Å². The summed E-state index contributed by atoms with van der Waals surface area (Å²) >= 11 is 0. The number of hydrogen-bond donors (Lipinski definition) is 6. The number of benzene rings is 2. The Morgan fingerprint density at radius 2 is 1.75 bits per heavy atom. The SMILES string of the molecule is C[C@H]1[C@H]([Si](C)(C)F)[C@@H](CC(=O)N2Cc3ccccc3C[C@H]2CO)O[C@]12C(=O)N(C)c1ccc(NC(=O)[C@H]3O[C@@H](O)[C@H](O)[C@@H](O)[C@@H]3O)cc12. The molecule has 2 aromatic rings. The quantitative estimate of drug-likeness (QED) is 0.185. The molecule has 13 nitrogen and oxygen atoms in total. The predicted octanol–water partition coefficient (Wildman–Crippen LogP) is 0.512. The van der Waals surface area contributed by atoms with E-state index in [4.69, 9.17) is 9.47 Å². The number of anilines is 2. The lowest BCUT2D eigenvalue weighted by atomic mass is 9.82. The molecular formula is C33H42FN3O10Si. The van der Waals surface area contributed by atoms with Gasteiger partial charge in [0.15, 0.2) is 18.0 Å². The van der Waals surface area contributed by atoms with Gasteiger partial charge in [-0.2, -0.15) is 0 Å². The summed E-state index contributed by atoms with van der Waals surface area (Å²) in [4.78, 5) is 44.1. The maximum absolute atomic E-state index is 16.3. The summed E-state index contributed by atoms with van der Waals surface area (Å²) in [5.41, 5.74) is 0.547. The lowest BCUT2D eigenvalue weighted by Gasteiger charge is -2.37. The molecule has 4 aliphatic rings. The third-order valence-corrected chi connectivity index (χ3v) is 12.9. The molecule has 2 fully saturated rings. The van der Waals surface area contributed by atoms with Gasteiger partial charge in [-0.3, -0.25) is 14.4 Å². The van der Waals surface area contributed by atoms with Crippen LogP contribution in [0.15, 0.2) is 42.5 Å². The van der Waals surface area contributed by atoms with E-state index < -0.39 is 80.1 Å². The number of hydrogen-bond acceptors (Lipinski definition) is 10. The Balaban J connectivity index is 1.30. The van der Waals surface area contributed by atoms with Crippen LogP contribution >= 0.6 is 0 Å². The Morgan fingerprint density at radius 1 is 1.06 bits per heavy atom. The van der Waals surface area contributed by atoms with Gasteiger partial charge in [0, 0.05) is 36.3 Å². The van der Waals surface area contributed by atoms with Crippen molar-refractivity contribution in [1.29, 1.82) is 0 Å². The first-order chi connectivity index (χ1) is 22.6. The minimum atomic E-state index is -3.60. The van der Waals surface area contributed by atoms with Crippen molar-refractivity contribution in [2.75, 3.05) is 23.9 Å². The van der Waals surface area contributed by atoms with E-state index in [1.165, 1.54) is 30.1 Å². The second-order valence-electron chi connectivity index (χ2n) is 13.8. The fraction of sp³-hybridized carbons (Fsp3) is 0.545. The van der Waals surface area contributed by atoms with Crippen molar-refractivity contribution in [1.82, 2.24) is 4.90 Å². The lowest BCUT2D eigenvalue weighted by molar-refractivity contribution is -0.274. The number of halogens is 1. The Labute approximate surface area is 278 Å². The van der Waals surface area contributed by atoms with Gasteiger partial charge in [-0.15, -0.1) is 0 Å². The van der Waals surface area contributed by atoms with Crippen molar-refractivity contribution in [3.63, 3.8) is 0 Å². The highest BCUT2D eigenvalue weighted by Gasteiger charge is 2.66. The summed E-state index contributed by atoms with van der Waals surface area (Å²) in [5, 5.41) is 52.8. The van der Waals surface area contributed by atoms with Crippen LogP contribution in [0.5, 0.6) is 0 Å². The molecule has 15 heteroatoms. The number of rotatable bonds is 6. The predicted molar refractivity (Wildman–Crippen MR) is 172 cm³/mol. The maximum Gasteiger partial charge on any atom is 0.264 e. The highest BCUT2D eigenvalue weighted by Crippen LogP contribution is 2.60. The molecule has 260 valence electrons. The molecule has 1 spiro atoms. The van der Waals surface area contributed by atoms with Gasteiger partial charge >= 0.3 is 0 Å². The molecule has 6 N–H and O–H groups in total. The summed E-state index contributed by atoms with van der Waals surface area (Å²) in [6.45, 7) is 4.83. The fourth-order valence-corrected chi connectivity index (χ4v) is 10.5. The van der Waals surface area contributed by atoms with Gasteiger partial charge in [0.25, 0.3) is 11.8 Å². The van der Waals surface area contributed by atoms with Crippen molar-refractivity contribution >= 4 is 37.5 Å². The average molecular weight is 688 g/mol. The molecule has 4 aliphatic heterocycles. The van der Waals surface area contributed by atoms with Crippen LogP contribution in [0.4, 0.5) is 15.5 Å². The molecule has 0 aromatic heterocycles. The summed E-state index contributed by atoms with van der Waals surface area (Å²) in [6.07, 6.45) is -9.84. The van der Waals surface area contributed by atoms with E-state index in [1.54, 1.807) is 24.9 Å². The van der Waals surface area contributed by atoms with Crippen LogP contribution < -0.4 is 10.2 Å². The molecule has 0 bridgehead atoms. The van der Waals surface area contributed by atoms with E-state index in [9.17, 15) is 39.9 Å². The number of likely N-dealkylation sites (N-methyl/N-ethyl adjacent to an activating group) is 1. The molecule has 0 saturated carbocycles. The van der Waals surface area contributed by atoms with Crippen LogP contribution in [0.1, 0.15) is 30.0 Å². The zero-order valence-corrected chi connectivity index (χ0v) is 28.1. The summed E-state index contributed by atoms with van der Waals surface area (Å²) in [6, 6.07) is 11.8. The Bertz CT molecular complexity index is 1610. The molecule has 4 heterocycles. The normalized spacial score (nSPS) is 34.7. The summed E-state index contributed by atoms with van der Waals surface area (Å²) < 4.78 is 27.9. The van der Waals surface area contributed by atoms with Crippen molar-refractivity contribution in [3.8, 4) is 0 Å². The fourth-order valence-electron chi connectivity index (χ4n) is 8.05. The van der Waals surface area contributed by atoms with Crippen molar-refractivity contribution in [3.05, 3.63) is 59.2 Å².